The molecule has 2 aromatic heterocycles. The number of benzene rings is 1. The highest BCUT2D eigenvalue weighted by Crippen LogP contribution is 2.35. The van der Waals surface area contributed by atoms with E-state index in [0.29, 0.717) is 17.5 Å². The fourth-order valence-electron chi connectivity index (χ4n) is 3.38. The zero-order chi connectivity index (χ0) is 19.1. The van der Waals surface area contributed by atoms with Crippen LogP contribution in [0.15, 0.2) is 35.7 Å². The second kappa shape index (κ2) is 7.56. The zero-order valence-corrected chi connectivity index (χ0v) is 15.8. The van der Waals surface area contributed by atoms with Gasteiger partial charge in [-0.3, -0.25) is 0 Å². The summed E-state index contributed by atoms with van der Waals surface area (Å²) in [7, 11) is 0. The molecule has 0 aliphatic carbocycles. The van der Waals surface area contributed by atoms with Gasteiger partial charge < -0.3 is 25.2 Å². The maximum absolute atomic E-state index is 14.4. The Bertz CT molecular complexity index is 909. The third-order valence-electron chi connectivity index (χ3n) is 4.85. The van der Waals surface area contributed by atoms with Gasteiger partial charge in [-0.25, -0.2) is 4.39 Å². The summed E-state index contributed by atoms with van der Waals surface area (Å²) in [5, 5.41) is 42.7. The topological polar surface area (TPSA) is 90.2 Å². The van der Waals surface area contributed by atoms with Gasteiger partial charge >= 0.3 is 0 Å². The monoisotopic (exact) mass is 410 g/mol. The van der Waals surface area contributed by atoms with Crippen LogP contribution in [0.5, 0.6) is 0 Å². The predicted molar refractivity (Wildman–Crippen MR) is 102 cm³/mol. The standard InChI is InChI=1S/C19H19FO5S2/c20-13-2-1-9(18-17(24)16(23)15(22)14(8-21)25-18)5-11(13)7-12-6-10-3-4-26-19(10)27-12/h1-6,14-18,21-24H,7-8H2/t14?,15-,16?,17?,18+/m1/s1. The summed E-state index contributed by atoms with van der Waals surface area (Å²) >= 11 is 3.27. The van der Waals surface area contributed by atoms with Crippen LogP contribution in [0, 0.1) is 5.82 Å². The molecule has 144 valence electrons. The van der Waals surface area contributed by atoms with E-state index in [0.717, 1.165) is 10.3 Å². The smallest absolute Gasteiger partial charge is 0.126 e. The summed E-state index contributed by atoms with van der Waals surface area (Å²) < 4.78 is 21.1. The summed E-state index contributed by atoms with van der Waals surface area (Å²) in [6, 6.07) is 8.47. The van der Waals surface area contributed by atoms with Crippen molar-refractivity contribution in [3.05, 3.63) is 57.5 Å². The van der Waals surface area contributed by atoms with Crippen molar-refractivity contribution in [1.29, 1.82) is 0 Å². The highest BCUT2D eigenvalue weighted by molar-refractivity contribution is 7.37. The van der Waals surface area contributed by atoms with Gasteiger partial charge in [-0.1, -0.05) is 6.07 Å². The molecule has 5 nitrogen and oxygen atoms in total. The third-order valence-corrected chi connectivity index (χ3v) is 7.06. The van der Waals surface area contributed by atoms with E-state index < -0.39 is 37.1 Å². The number of aliphatic hydroxyl groups is 4. The van der Waals surface area contributed by atoms with Gasteiger partial charge in [0.25, 0.3) is 0 Å². The van der Waals surface area contributed by atoms with Crippen molar-refractivity contribution in [3.8, 4) is 0 Å². The first-order chi connectivity index (χ1) is 13.0. The average molecular weight is 410 g/mol. The van der Waals surface area contributed by atoms with Crippen molar-refractivity contribution in [2.45, 2.75) is 36.9 Å². The fourth-order valence-corrected chi connectivity index (χ4v) is 5.55. The summed E-state index contributed by atoms with van der Waals surface area (Å²) in [5.74, 6) is -0.361. The van der Waals surface area contributed by atoms with E-state index in [1.807, 2.05) is 17.5 Å². The van der Waals surface area contributed by atoms with Crippen LogP contribution in [0.3, 0.4) is 0 Å². The van der Waals surface area contributed by atoms with Gasteiger partial charge in [0.05, 0.1) is 10.6 Å². The van der Waals surface area contributed by atoms with E-state index in [4.69, 9.17) is 4.74 Å². The molecule has 3 unspecified atom stereocenters. The molecule has 3 aromatic rings. The second-order valence-electron chi connectivity index (χ2n) is 6.65. The molecule has 0 spiro atoms. The van der Waals surface area contributed by atoms with Gasteiger partial charge in [0.2, 0.25) is 0 Å². The Morgan fingerprint density at radius 2 is 1.85 bits per heavy atom. The Balaban J connectivity index is 1.62. The van der Waals surface area contributed by atoms with E-state index in [2.05, 4.69) is 0 Å². The third kappa shape index (κ3) is 3.54. The van der Waals surface area contributed by atoms with Gasteiger partial charge in [0.1, 0.15) is 36.3 Å². The van der Waals surface area contributed by atoms with E-state index in [9.17, 15) is 24.8 Å². The van der Waals surface area contributed by atoms with Crippen LogP contribution in [0.25, 0.3) is 9.40 Å². The lowest BCUT2D eigenvalue weighted by molar-refractivity contribution is -0.231. The minimum Gasteiger partial charge on any atom is -0.394 e. The van der Waals surface area contributed by atoms with Gasteiger partial charge in [-0.05, 0) is 40.8 Å². The number of fused-ring (bicyclic) bond motifs is 1. The number of ether oxygens (including phenoxy) is 1. The van der Waals surface area contributed by atoms with E-state index >= 15 is 0 Å². The molecule has 5 atom stereocenters. The van der Waals surface area contributed by atoms with Crippen LogP contribution in [-0.2, 0) is 11.2 Å². The van der Waals surface area contributed by atoms with Crippen LogP contribution in [0.2, 0.25) is 0 Å². The van der Waals surface area contributed by atoms with E-state index in [1.54, 1.807) is 28.7 Å². The molecule has 1 aliphatic rings. The second-order valence-corrected chi connectivity index (χ2v) is 8.96. The molecule has 0 radical (unpaired) electrons. The van der Waals surface area contributed by atoms with Crippen molar-refractivity contribution in [3.63, 3.8) is 0 Å². The number of halogens is 1. The minimum atomic E-state index is -1.46. The largest absolute Gasteiger partial charge is 0.394 e. The number of hydrogen-bond donors (Lipinski definition) is 4. The molecule has 0 bridgehead atoms. The van der Waals surface area contributed by atoms with Crippen LogP contribution < -0.4 is 0 Å². The van der Waals surface area contributed by atoms with Crippen molar-refractivity contribution in [2.24, 2.45) is 0 Å². The lowest BCUT2D eigenvalue weighted by Crippen LogP contribution is -2.55. The first kappa shape index (κ1) is 18.9. The first-order valence-corrected chi connectivity index (χ1v) is 10.2. The molecule has 1 aromatic carbocycles. The Morgan fingerprint density at radius 1 is 1.04 bits per heavy atom. The average Bonchev–Trinajstić information content (AvgIpc) is 3.24. The van der Waals surface area contributed by atoms with Gasteiger partial charge in [0.15, 0.2) is 0 Å². The molecule has 0 saturated carbocycles. The quantitative estimate of drug-likeness (QED) is 0.530. The Kier molecular flexibility index (Phi) is 5.30. The minimum absolute atomic E-state index is 0.361. The Labute approximate surface area is 162 Å². The number of hydrogen-bond acceptors (Lipinski definition) is 7. The molecule has 4 N–H and O–H groups in total. The Morgan fingerprint density at radius 3 is 2.59 bits per heavy atom. The lowest BCUT2D eigenvalue weighted by Gasteiger charge is -2.40. The van der Waals surface area contributed by atoms with Gasteiger partial charge in [-0.15, -0.1) is 22.7 Å². The number of rotatable bonds is 4. The summed E-state index contributed by atoms with van der Waals surface area (Å²) in [6.45, 7) is -0.499. The van der Waals surface area contributed by atoms with Crippen LogP contribution in [0.1, 0.15) is 22.1 Å². The molecule has 4 rings (SSSR count). The molecule has 1 fully saturated rings. The van der Waals surface area contributed by atoms with Crippen molar-refractivity contribution in [1.82, 2.24) is 0 Å². The van der Waals surface area contributed by atoms with Crippen LogP contribution in [-0.4, -0.2) is 51.4 Å². The zero-order valence-electron chi connectivity index (χ0n) is 14.2. The Hall–Kier alpha value is -1.39. The number of thiophene rings is 2. The van der Waals surface area contributed by atoms with Gasteiger partial charge in [0, 0.05) is 16.7 Å². The molecule has 27 heavy (non-hydrogen) atoms. The van der Waals surface area contributed by atoms with E-state index in [-0.39, 0.29) is 5.82 Å². The van der Waals surface area contributed by atoms with Crippen molar-refractivity contribution >= 4 is 32.1 Å². The summed E-state index contributed by atoms with van der Waals surface area (Å²) in [6.07, 6.45) is -5.81. The molecule has 0 amide bonds. The molecular formula is C19H19FO5S2. The maximum Gasteiger partial charge on any atom is 0.126 e. The first-order valence-electron chi connectivity index (χ1n) is 8.52. The summed E-state index contributed by atoms with van der Waals surface area (Å²) in [5.41, 5.74) is 0.944. The van der Waals surface area contributed by atoms with E-state index in [1.165, 1.54) is 16.1 Å². The molecular weight excluding hydrogens is 391 g/mol. The maximum atomic E-state index is 14.4. The fraction of sp³-hybridized carbons (Fsp3) is 0.368. The van der Waals surface area contributed by atoms with Crippen molar-refractivity contribution in [2.75, 3.05) is 6.61 Å². The molecule has 1 aliphatic heterocycles. The molecule has 3 heterocycles. The van der Waals surface area contributed by atoms with Gasteiger partial charge in [-0.2, -0.15) is 0 Å². The van der Waals surface area contributed by atoms with Crippen LogP contribution in [0.4, 0.5) is 4.39 Å². The lowest BCUT2D eigenvalue weighted by atomic mass is 9.90. The van der Waals surface area contributed by atoms with Crippen LogP contribution >= 0.6 is 22.7 Å². The highest BCUT2D eigenvalue weighted by atomic mass is 32.2. The SMILES string of the molecule is OCC1O[C@@H](c2ccc(F)c(Cc3cc4ccsc4s3)c2)C(O)C(O)[C@@H]1O. The molecule has 1 saturated heterocycles. The summed E-state index contributed by atoms with van der Waals surface area (Å²) in [4.78, 5) is 1.03. The number of aliphatic hydroxyl groups excluding tert-OH is 4. The van der Waals surface area contributed by atoms with Crippen molar-refractivity contribution < 1.29 is 29.6 Å². The molecule has 8 heteroatoms. The highest BCUT2D eigenvalue weighted by Gasteiger charge is 2.44. The predicted octanol–water partition coefficient (Wildman–Crippen LogP) is 2.21. The normalized spacial score (nSPS) is 28.7.